The molecule has 2 aromatic heterocycles. The van der Waals surface area contributed by atoms with E-state index in [1.807, 2.05) is 17.9 Å². The zero-order chi connectivity index (χ0) is 27.6. The van der Waals surface area contributed by atoms with E-state index in [9.17, 15) is 22.4 Å². The number of halogens is 4. The van der Waals surface area contributed by atoms with Gasteiger partial charge in [0.1, 0.15) is 17.8 Å². The van der Waals surface area contributed by atoms with E-state index in [1.54, 1.807) is 30.3 Å². The first kappa shape index (κ1) is 26.5. The SMILES string of the molecule is Cc1cc(Nc2cc(N3CC[C@H](F)C3)nc(Sc3ccc(NC(=O)c4ccccc4C(F)(F)F)cc3)n2)n[nH]1. The second-order valence-electron chi connectivity index (χ2n) is 8.91. The van der Waals surface area contributed by atoms with Crippen LogP contribution in [0, 0.1) is 6.92 Å². The Bertz CT molecular complexity index is 1480. The Morgan fingerprint density at radius 3 is 2.51 bits per heavy atom. The first-order valence-electron chi connectivity index (χ1n) is 12.0. The van der Waals surface area contributed by atoms with Crippen molar-refractivity contribution < 1.29 is 22.4 Å². The fourth-order valence-corrected chi connectivity index (χ4v) is 4.83. The molecule has 1 amide bonds. The number of nitrogens with one attached hydrogen (secondary N) is 3. The van der Waals surface area contributed by atoms with Crippen LogP contribution in [0.25, 0.3) is 0 Å². The van der Waals surface area contributed by atoms with Crippen molar-refractivity contribution in [1.82, 2.24) is 20.2 Å². The average Bonchev–Trinajstić information content (AvgIpc) is 3.52. The zero-order valence-electron chi connectivity index (χ0n) is 20.6. The molecule has 1 atom stereocenters. The highest BCUT2D eigenvalue weighted by molar-refractivity contribution is 7.99. The number of alkyl halides is 4. The van der Waals surface area contributed by atoms with Gasteiger partial charge < -0.3 is 15.5 Å². The Labute approximate surface area is 225 Å². The van der Waals surface area contributed by atoms with Crippen LogP contribution in [0.5, 0.6) is 0 Å². The van der Waals surface area contributed by atoms with Gasteiger partial charge in [0.25, 0.3) is 5.91 Å². The summed E-state index contributed by atoms with van der Waals surface area (Å²) in [6.45, 7) is 2.65. The van der Waals surface area contributed by atoms with Crippen molar-refractivity contribution in [2.45, 2.75) is 35.7 Å². The van der Waals surface area contributed by atoms with Crippen LogP contribution in [0.1, 0.15) is 28.0 Å². The summed E-state index contributed by atoms with van der Waals surface area (Å²) in [4.78, 5) is 24.3. The number of rotatable bonds is 7. The molecule has 13 heteroatoms. The minimum atomic E-state index is -4.65. The maximum atomic E-state index is 13.9. The van der Waals surface area contributed by atoms with Crippen LogP contribution in [0.3, 0.4) is 0 Å². The molecule has 2 aromatic carbocycles. The van der Waals surface area contributed by atoms with Crippen LogP contribution in [0.4, 0.5) is 40.7 Å². The summed E-state index contributed by atoms with van der Waals surface area (Å²) in [6.07, 6.45) is -5.14. The minimum absolute atomic E-state index is 0.244. The van der Waals surface area contributed by atoms with Gasteiger partial charge in [-0.05, 0) is 61.5 Å². The van der Waals surface area contributed by atoms with E-state index in [-0.39, 0.29) is 6.54 Å². The number of aromatic amines is 1. The average molecular weight is 558 g/mol. The molecular weight excluding hydrogens is 534 g/mol. The monoisotopic (exact) mass is 557 g/mol. The third-order valence-electron chi connectivity index (χ3n) is 5.91. The van der Waals surface area contributed by atoms with Gasteiger partial charge in [-0.3, -0.25) is 9.89 Å². The molecule has 1 fully saturated rings. The Kier molecular flexibility index (Phi) is 7.42. The zero-order valence-corrected chi connectivity index (χ0v) is 21.4. The van der Waals surface area contributed by atoms with E-state index >= 15 is 0 Å². The van der Waals surface area contributed by atoms with Gasteiger partial charge in [-0.15, -0.1) is 0 Å². The number of H-pyrrole nitrogens is 1. The van der Waals surface area contributed by atoms with E-state index in [4.69, 9.17) is 0 Å². The summed E-state index contributed by atoms with van der Waals surface area (Å²) in [7, 11) is 0. The number of amides is 1. The standard InChI is InChI=1S/C26H23F4N7OS/c1-15-12-22(36-35-15)32-21-13-23(37-11-10-16(27)14-37)34-25(33-21)39-18-8-6-17(7-9-18)31-24(38)19-4-2-3-5-20(19)26(28,29)30/h2-9,12-13,16H,10-11,14H2,1H3,(H,31,38)(H2,32,33,34,35,36)/t16-/m0/s1. The molecule has 202 valence electrons. The number of anilines is 4. The van der Waals surface area contributed by atoms with E-state index < -0.39 is 29.4 Å². The van der Waals surface area contributed by atoms with Crippen LogP contribution < -0.4 is 15.5 Å². The topological polar surface area (TPSA) is 98.8 Å². The summed E-state index contributed by atoms with van der Waals surface area (Å²) >= 11 is 1.25. The lowest BCUT2D eigenvalue weighted by atomic mass is 10.1. The van der Waals surface area contributed by atoms with Crippen molar-refractivity contribution in [3.63, 3.8) is 0 Å². The molecule has 0 saturated carbocycles. The van der Waals surface area contributed by atoms with Gasteiger partial charge in [0.2, 0.25) is 0 Å². The lowest BCUT2D eigenvalue weighted by Crippen LogP contribution is -2.21. The Balaban J connectivity index is 1.33. The summed E-state index contributed by atoms with van der Waals surface area (Å²) < 4.78 is 53.7. The van der Waals surface area contributed by atoms with E-state index in [0.29, 0.717) is 41.3 Å². The largest absolute Gasteiger partial charge is 0.417 e. The molecule has 1 saturated heterocycles. The molecule has 0 spiro atoms. The highest BCUT2D eigenvalue weighted by Crippen LogP contribution is 2.33. The number of carbonyl (C=O) groups is 1. The number of benzene rings is 2. The van der Waals surface area contributed by atoms with Crippen molar-refractivity contribution >= 4 is 40.8 Å². The second kappa shape index (κ2) is 10.9. The number of hydrogen-bond acceptors (Lipinski definition) is 7. The number of aromatic nitrogens is 4. The van der Waals surface area contributed by atoms with E-state index in [1.165, 1.54) is 23.9 Å². The molecule has 1 aliphatic heterocycles. The molecule has 3 heterocycles. The number of carbonyl (C=O) groups excluding carboxylic acids is 1. The Morgan fingerprint density at radius 2 is 1.85 bits per heavy atom. The van der Waals surface area contributed by atoms with Gasteiger partial charge in [0, 0.05) is 35.0 Å². The maximum absolute atomic E-state index is 13.9. The first-order valence-corrected chi connectivity index (χ1v) is 12.8. The van der Waals surface area contributed by atoms with Crippen LogP contribution in [-0.2, 0) is 6.18 Å². The summed E-state index contributed by atoms with van der Waals surface area (Å²) in [6, 6.07) is 14.7. The molecule has 3 N–H and O–H groups in total. The van der Waals surface area contributed by atoms with Crippen molar-refractivity contribution in [1.29, 1.82) is 0 Å². The molecule has 5 rings (SSSR count). The molecule has 0 radical (unpaired) electrons. The van der Waals surface area contributed by atoms with Crippen molar-refractivity contribution in [3.05, 3.63) is 77.5 Å². The van der Waals surface area contributed by atoms with Crippen LogP contribution in [-0.4, -0.2) is 45.3 Å². The predicted molar refractivity (Wildman–Crippen MR) is 140 cm³/mol. The van der Waals surface area contributed by atoms with E-state index in [2.05, 4.69) is 30.8 Å². The second-order valence-corrected chi connectivity index (χ2v) is 9.95. The Morgan fingerprint density at radius 1 is 1.08 bits per heavy atom. The molecule has 0 unspecified atom stereocenters. The van der Waals surface area contributed by atoms with Gasteiger partial charge in [0.15, 0.2) is 11.0 Å². The number of hydrogen-bond donors (Lipinski definition) is 3. The van der Waals surface area contributed by atoms with Gasteiger partial charge in [-0.25, -0.2) is 14.4 Å². The molecule has 4 aromatic rings. The van der Waals surface area contributed by atoms with Crippen LogP contribution >= 0.6 is 11.8 Å². The lowest BCUT2D eigenvalue weighted by molar-refractivity contribution is -0.137. The fraction of sp³-hybridized carbons (Fsp3) is 0.231. The Hall–Kier alpha value is -4.13. The van der Waals surface area contributed by atoms with Crippen LogP contribution in [0.15, 0.2) is 70.7 Å². The number of nitrogens with zero attached hydrogens (tertiary/aromatic N) is 4. The molecule has 1 aliphatic rings. The summed E-state index contributed by atoms with van der Waals surface area (Å²) in [5.41, 5.74) is -0.259. The molecule has 0 bridgehead atoms. The molecule has 0 aliphatic carbocycles. The van der Waals surface area contributed by atoms with E-state index in [0.717, 1.165) is 22.7 Å². The molecule has 39 heavy (non-hydrogen) atoms. The first-order chi connectivity index (χ1) is 18.6. The lowest BCUT2D eigenvalue weighted by Gasteiger charge is -2.18. The van der Waals surface area contributed by atoms with Gasteiger partial charge >= 0.3 is 6.18 Å². The van der Waals surface area contributed by atoms with Crippen molar-refractivity contribution in [3.8, 4) is 0 Å². The van der Waals surface area contributed by atoms with Gasteiger partial charge in [-0.2, -0.15) is 18.3 Å². The summed E-state index contributed by atoms with van der Waals surface area (Å²) in [5.74, 6) is 0.781. The fourth-order valence-electron chi connectivity index (χ4n) is 4.06. The summed E-state index contributed by atoms with van der Waals surface area (Å²) in [5, 5.41) is 13.1. The quantitative estimate of drug-likeness (QED) is 0.183. The van der Waals surface area contributed by atoms with Crippen molar-refractivity contribution in [2.75, 3.05) is 28.6 Å². The molecule has 8 nitrogen and oxygen atoms in total. The van der Waals surface area contributed by atoms with Gasteiger partial charge in [0.05, 0.1) is 17.7 Å². The maximum Gasteiger partial charge on any atom is 0.417 e. The smallest absolute Gasteiger partial charge is 0.353 e. The highest BCUT2D eigenvalue weighted by atomic mass is 32.2. The third kappa shape index (κ3) is 6.48. The van der Waals surface area contributed by atoms with Crippen molar-refractivity contribution in [2.24, 2.45) is 0 Å². The minimum Gasteiger partial charge on any atom is -0.353 e. The number of aryl methyl sites for hydroxylation is 1. The van der Waals surface area contributed by atoms with Crippen LogP contribution in [0.2, 0.25) is 0 Å². The predicted octanol–water partition coefficient (Wildman–Crippen LogP) is 6.22. The molecular formula is C26H23F4N7OS. The highest BCUT2D eigenvalue weighted by Gasteiger charge is 2.34. The van der Waals surface area contributed by atoms with Gasteiger partial charge in [-0.1, -0.05) is 12.1 Å². The third-order valence-corrected chi connectivity index (χ3v) is 6.78. The normalized spacial score (nSPS) is 15.4.